The lowest BCUT2D eigenvalue weighted by atomic mass is 9.93. The molecule has 1 aliphatic rings. The van der Waals surface area contributed by atoms with Gasteiger partial charge in [-0.1, -0.05) is 20.8 Å². The highest BCUT2D eigenvalue weighted by Crippen LogP contribution is 2.29. The highest BCUT2D eigenvalue weighted by Gasteiger charge is 2.33. The molecule has 0 unspecified atom stereocenters. The topological polar surface area (TPSA) is 89.7 Å². The Bertz CT molecular complexity index is 1510. The molecule has 0 saturated carbocycles. The highest BCUT2D eigenvalue weighted by molar-refractivity contribution is 7.12. The summed E-state index contributed by atoms with van der Waals surface area (Å²) in [5.41, 5.74) is 1.32. The zero-order valence-corrected chi connectivity index (χ0v) is 20.5. The van der Waals surface area contributed by atoms with Crippen LogP contribution >= 0.6 is 11.3 Å². The molecule has 1 aliphatic heterocycles. The van der Waals surface area contributed by atoms with Crippen molar-refractivity contribution in [2.24, 2.45) is 0 Å². The standard InChI is InChI=1S/C23H23F4N7OS/c1-22(2,3)17-10-36-21(31-17)34-18-14(19(35)33(34)11-23(25,26)27)9-29-20(32-18)30-16-7-13-8-28-5-4-12(13)6-15(16)24/h6-7,9-10,28H,4-5,8,11H2,1-3H3,(H,29,30,32). The van der Waals surface area contributed by atoms with Crippen molar-refractivity contribution in [2.75, 3.05) is 11.9 Å². The van der Waals surface area contributed by atoms with Crippen molar-refractivity contribution in [1.82, 2.24) is 29.6 Å². The third-order valence-corrected chi connectivity index (χ3v) is 6.68. The number of fused-ring (bicyclic) bond motifs is 2. The van der Waals surface area contributed by atoms with E-state index >= 15 is 0 Å². The third kappa shape index (κ3) is 4.60. The van der Waals surface area contributed by atoms with E-state index in [1.807, 2.05) is 20.8 Å². The summed E-state index contributed by atoms with van der Waals surface area (Å²) in [5.74, 6) is -0.559. The van der Waals surface area contributed by atoms with Crippen LogP contribution in [0.25, 0.3) is 16.2 Å². The first kappa shape index (κ1) is 24.4. The van der Waals surface area contributed by atoms with Crippen LogP contribution in [0.4, 0.5) is 29.2 Å². The van der Waals surface area contributed by atoms with Crippen molar-refractivity contribution in [1.29, 1.82) is 0 Å². The fraction of sp³-hybridized carbons (Fsp3) is 0.391. The number of aromatic nitrogens is 5. The lowest BCUT2D eigenvalue weighted by molar-refractivity contribution is -0.144. The van der Waals surface area contributed by atoms with Crippen LogP contribution in [0.1, 0.15) is 37.6 Å². The van der Waals surface area contributed by atoms with Gasteiger partial charge in [-0.2, -0.15) is 18.2 Å². The number of thiazole rings is 1. The van der Waals surface area contributed by atoms with Crippen LogP contribution < -0.4 is 16.2 Å². The Kier molecular flexibility index (Phi) is 5.86. The van der Waals surface area contributed by atoms with Gasteiger partial charge in [-0.25, -0.2) is 23.7 Å². The van der Waals surface area contributed by atoms with Gasteiger partial charge in [0, 0.05) is 23.5 Å². The van der Waals surface area contributed by atoms with E-state index in [9.17, 15) is 22.4 Å². The van der Waals surface area contributed by atoms with Crippen molar-refractivity contribution in [3.05, 3.63) is 56.7 Å². The number of hydrogen-bond acceptors (Lipinski definition) is 7. The molecule has 8 nitrogen and oxygen atoms in total. The van der Waals surface area contributed by atoms with E-state index in [-0.39, 0.29) is 33.2 Å². The predicted molar refractivity (Wildman–Crippen MR) is 129 cm³/mol. The van der Waals surface area contributed by atoms with E-state index in [0.29, 0.717) is 23.3 Å². The van der Waals surface area contributed by atoms with Crippen LogP contribution in [-0.2, 0) is 24.9 Å². The molecule has 36 heavy (non-hydrogen) atoms. The third-order valence-electron chi connectivity index (χ3n) is 5.87. The molecule has 2 N–H and O–H groups in total. The first-order chi connectivity index (χ1) is 16.9. The molecular formula is C23H23F4N7OS. The second-order valence-corrected chi connectivity index (χ2v) is 10.5. The maximum Gasteiger partial charge on any atom is 0.408 e. The zero-order valence-electron chi connectivity index (χ0n) is 19.7. The van der Waals surface area contributed by atoms with Gasteiger partial charge in [0.05, 0.1) is 11.4 Å². The zero-order chi connectivity index (χ0) is 25.8. The normalized spacial score (nSPS) is 14.3. The van der Waals surface area contributed by atoms with Gasteiger partial charge in [0.2, 0.25) is 11.1 Å². The van der Waals surface area contributed by atoms with Gasteiger partial charge < -0.3 is 10.6 Å². The smallest absolute Gasteiger partial charge is 0.322 e. The van der Waals surface area contributed by atoms with Gasteiger partial charge in [-0.05, 0) is 36.2 Å². The molecule has 0 amide bonds. The lowest BCUT2D eigenvalue weighted by Crippen LogP contribution is -2.30. The first-order valence-corrected chi connectivity index (χ1v) is 12.1. The molecule has 0 atom stereocenters. The molecule has 4 aromatic rings. The van der Waals surface area contributed by atoms with E-state index in [1.165, 1.54) is 6.07 Å². The van der Waals surface area contributed by atoms with Crippen molar-refractivity contribution < 1.29 is 17.6 Å². The summed E-state index contributed by atoms with van der Waals surface area (Å²) in [6.07, 6.45) is -2.81. The number of anilines is 2. The Morgan fingerprint density at radius 1 is 1.17 bits per heavy atom. The van der Waals surface area contributed by atoms with Gasteiger partial charge in [0.15, 0.2) is 5.65 Å². The van der Waals surface area contributed by atoms with Crippen LogP contribution in [0.2, 0.25) is 0 Å². The van der Waals surface area contributed by atoms with Crippen LogP contribution in [0, 0.1) is 5.82 Å². The maximum atomic E-state index is 14.8. The summed E-state index contributed by atoms with van der Waals surface area (Å²) in [6.45, 7) is 5.60. The number of nitrogens with zero attached hydrogens (tertiary/aromatic N) is 5. The Hall–Kier alpha value is -3.32. The van der Waals surface area contributed by atoms with Crippen LogP contribution in [0.5, 0.6) is 0 Å². The lowest BCUT2D eigenvalue weighted by Gasteiger charge is -2.18. The Labute approximate surface area is 207 Å². The SMILES string of the molecule is CC(C)(C)c1csc(-n2c3nc(Nc4cc5c(cc4F)CCNC5)ncc3c(=O)n2CC(F)(F)F)n1. The van der Waals surface area contributed by atoms with E-state index in [2.05, 4.69) is 25.6 Å². The Morgan fingerprint density at radius 3 is 2.64 bits per heavy atom. The van der Waals surface area contributed by atoms with Crippen molar-refractivity contribution in [2.45, 2.75) is 51.9 Å². The van der Waals surface area contributed by atoms with Crippen LogP contribution in [0.15, 0.2) is 28.5 Å². The maximum absolute atomic E-state index is 14.8. The largest absolute Gasteiger partial charge is 0.408 e. The number of halogens is 4. The molecule has 0 aliphatic carbocycles. The van der Waals surface area contributed by atoms with Crippen molar-refractivity contribution in [3.63, 3.8) is 0 Å². The summed E-state index contributed by atoms with van der Waals surface area (Å²) in [5, 5.41) is 7.82. The minimum atomic E-state index is -4.66. The van der Waals surface area contributed by atoms with Gasteiger partial charge in [-0.3, -0.25) is 4.79 Å². The highest BCUT2D eigenvalue weighted by atomic mass is 32.1. The van der Waals surface area contributed by atoms with Gasteiger partial charge in [0.25, 0.3) is 5.56 Å². The van der Waals surface area contributed by atoms with Crippen LogP contribution in [0.3, 0.4) is 0 Å². The molecule has 4 heterocycles. The quantitative estimate of drug-likeness (QED) is 0.387. The molecule has 3 aromatic heterocycles. The number of nitrogens with one attached hydrogen (secondary N) is 2. The van der Waals surface area contributed by atoms with E-state index in [4.69, 9.17) is 0 Å². The molecule has 1 aromatic carbocycles. The fourth-order valence-electron chi connectivity index (χ4n) is 4.02. The minimum Gasteiger partial charge on any atom is -0.322 e. The molecule has 13 heteroatoms. The monoisotopic (exact) mass is 521 g/mol. The number of hydrogen-bond donors (Lipinski definition) is 2. The van der Waals surface area contributed by atoms with E-state index in [0.717, 1.165) is 39.9 Å². The predicted octanol–water partition coefficient (Wildman–Crippen LogP) is 4.43. The first-order valence-electron chi connectivity index (χ1n) is 11.2. The van der Waals surface area contributed by atoms with E-state index < -0.39 is 24.1 Å². The van der Waals surface area contributed by atoms with Crippen molar-refractivity contribution in [3.8, 4) is 5.13 Å². The van der Waals surface area contributed by atoms with Gasteiger partial charge in [-0.15, -0.1) is 11.3 Å². The van der Waals surface area contributed by atoms with Gasteiger partial charge >= 0.3 is 6.18 Å². The van der Waals surface area contributed by atoms with Gasteiger partial charge in [0.1, 0.15) is 17.7 Å². The molecule has 0 spiro atoms. The second kappa shape index (κ2) is 8.66. The number of rotatable bonds is 4. The minimum absolute atomic E-state index is 0.0587. The number of benzene rings is 1. The fourth-order valence-corrected chi connectivity index (χ4v) is 5.08. The summed E-state index contributed by atoms with van der Waals surface area (Å²) in [6, 6.07) is 3.11. The van der Waals surface area contributed by atoms with Crippen molar-refractivity contribution >= 4 is 34.0 Å². The average Bonchev–Trinajstić information content (AvgIpc) is 3.37. The molecule has 5 rings (SSSR count). The average molecular weight is 522 g/mol. The Balaban J connectivity index is 1.63. The second-order valence-electron chi connectivity index (χ2n) is 9.64. The Morgan fingerprint density at radius 2 is 1.94 bits per heavy atom. The summed E-state index contributed by atoms with van der Waals surface area (Å²) in [4.78, 5) is 25.8. The molecule has 0 fully saturated rings. The molecule has 0 radical (unpaired) electrons. The molecular weight excluding hydrogens is 498 g/mol. The summed E-state index contributed by atoms with van der Waals surface area (Å²) >= 11 is 1.10. The summed E-state index contributed by atoms with van der Waals surface area (Å²) in [7, 11) is 0. The molecule has 0 bridgehead atoms. The molecule has 0 saturated heterocycles. The van der Waals surface area contributed by atoms with E-state index in [1.54, 1.807) is 11.4 Å². The summed E-state index contributed by atoms with van der Waals surface area (Å²) < 4.78 is 56.6. The molecule has 190 valence electrons. The van der Waals surface area contributed by atoms with Crippen LogP contribution in [-0.4, -0.2) is 37.0 Å². The number of alkyl halides is 3.